The minimum absolute atomic E-state index is 0.0672. The van der Waals surface area contributed by atoms with Gasteiger partial charge in [-0.1, -0.05) is 32.4 Å². The number of hydrogen-bond donors (Lipinski definition) is 1. The highest BCUT2D eigenvalue weighted by Crippen LogP contribution is 2.25. The van der Waals surface area contributed by atoms with Gasteiger partial charge in [-0.15, -0.1) is 0 Å². The van der Waals surface area contributed by atoms with Gasteiger partial charge in [0.05, 0.1) is 11.6 Å². The maximum absolute atomic E-state index is 12.2. The molecule has 1 rings (SSSR count). The summed E-state index contributed by atoms with van der Waals surface area (Å²) in [5, 5.41) is 9.17. The van der Waals surface area contributed by atoms with Crippen LogP contribution in [0.4, 0.5) is 5.69 Å². The van der Waals surface area contributed by atoms with Crippen molar-refractivity contribution in [1.82, 2.24) is 4.98 Å². The van der Waals surface area contributed by atoms with Crippen LogP contribution in [0.25, 0.3) is 0 Å². The van der Waals surface area contributed by atoms with Gasteiger partial charge in [0.25, 0.3) is 0 Å². The largest absolute Gasteiger partial charge is 0.481 e. The standard InChI is InChI=1S/C13H17ClN2O3/c1-8(2)12(17)16(7-9(3)13(18)19)10-5-4-6-15-11(10)14/h4-6,8-9H,7H2,1-3H3,(H,18,19). The third kappa shape index (κ3) is 3.92. The zero-order chi connectivity index (χ0) is 14.6. The van der Waals surface area contributed by atoms with Gasteiger partial charge in [0.1, 0.15) is 0 Å². The maximum Gasteiger partial charge on any atom is 0.308 e. The lowest BCUT2D eigenvalue weighted by Crippen LogP contribution is -2.39. The van der Waals surface area contributed by atoms with Gasteiger partial charge >= 0.3 is 5.97 Å². The Kier molecular flexibility index (Phi) is 5.30. The smallest absolute Gasteiger partial charge is 0.308 e. The first kappa shape index (κ1) is 15.4. The molecule has 1 N–H and O–H groups in total. The van der Waals surface area contributed by atoms with Gasteiger partial charge in [-0.3, -0.25) is 9.59 Å². The van der Waals surface area contributed by atoms with E-state index in [0.29, 0.717) is 5.69 Å². The summed E-state index contributed by atoms with van der Waals surface area (Å²) in [7, 11) is 0. The van der Waals surface area contributed by atoms with Crippen molar-refractivity contribution in [2.45, 2.75) is 20.8 Å². The Bertz CT molecular complexity index is 477. The number of carboxylic acids is 1. The number of hydrogen-bond acceptors (Lipinski definition) is 3. The molecule has 6 heteroatoms. The summed E-state index contributed by atoms with van der Waals surface area (Å²) in [6, 6.07) is 3.32. The Hall–Kier alpha value is -1.62. The van der Waals surface area contributed by atoms with Gasteiger partial charge in [-0.2, -0.15) is 0 Å². The SMILES string of the molecule is CC(C)C(=O)N(CC(C)C(=O)O)c1cccnc1Cl. The van der Waals surface area contributed by atoms with E-state index in [1.165, 1.54) is 11.1 Å². The number of aromatic nitrogens is 1. The Morgan fingerprint density at radius 3 is 2.53 bits per heavy atom. The molecule has 0 saturated carbocycles. The predicted molar refractivity (Wildman–Crippen MR) is 73.2 cm³/mol. The minimum atomic E-state index is -0.957. The first-order valence-electron chi connectivity index (χ1n) is 5.99. The predicted octanol–water partition coefficient (Wildman–Crippen LogP) is 2.44. The zero-order valence-electron chi connectivity index (χ0n) is 11.1. The van der Waals surface area contributed by atoms with Crippen LogP contribution in [-0.2, 0) is 9.59 Å². The van der Waals surface area contributed by atoms with Crippen LogP contribution in [0, 0.1) is 11.8 Å². The third-order valence-electron chi connectivity index (χ3n) is 2.67. The molecule has 0 fully saturated rings. The summed E-state index contributed by atoms with van der Waals surface area (Å²) in [6.45, 7) is 5.13. The fraction of sp³-hybridized carbons (Fsp3) is 0.462. The number of aliphatic carboxylic acids is 1. The minimum Gasteiger partial charge on any atom is -0.481 e. The van der Waals surface area contributed by atoms with Crippen molar-refractivity contribution < 1.29 is 14.7 Å². The molecule has 1 atom stereocenters. The summed E-state index contributed by atoms with van der Waals surface area (Å²) in [6.07, 6.45) is 1.52. The van der Waals surface area contributed by atoms with Gasteiger partial charge in [-0.25, -0.2) is 4.98 Å². The van der Waals surface area contributed by atoms with E-state index >= 15 is 0 Å². The highest BCUT2D eigenvalue weighted by atomic mass is 35.5. The van der Waals surface area contributed by atoms with E-state index in [1.807, 2.05) is 0 Å². The molecular formula is C13H17ClN2O3. The van der Waals surface area contributed by atoms with Gasteiger partial charge < -0.3 is 10.0 Å². The summed E-state index contributed by atoms with van der Waals surface area (Å²) in [5.41, 5.74) is 0.441. The molecule has 0 aliphatic carbocycles. The molecule has 1 heterocycles. The zero-order valence-corrected chi connectivity index (χ0v) is 11.9. The number of anilines is 1. The Morgan fingerprint density at radius 1 is 1.42 bits per heavy atom. The quantitative estimate of drug-likeness (QED) is 0.843. The van der Waals surface area contributed by atoms with E-state index in [4.69, 9.17) is 16.7 Å². The molecule has 0 radical (unpaired) electrons. The average molecular weight is 285 g/mol. The number of carbonyl (C=O) groups excluding carboxylic acids is 1. The number of amides is 1. The molecule has 0 aliphatic rings. The van der Waals surface area contributed by atoms with Crippen molar-refractivity contribution in [2.75, 3.05) is 11.4 Å². The highest BCUT2D eigenvalue weighted by molar-refractivity contribution is 6.32. The van der Waals surface area contributed by atoms with E-state index in [-0.39, 0.29) is 23.5 Å². The lowest BCUT2D eigenvalue weighted by molar-refractivity contribution is -0.140. The summed E-state index contributed by atoms with van der Waals surface area (Å²) in [5.74, 6) is -2.07. The van der Waals surface area contributed by atoms with E-state index in [2.05, 4.69) is 4.98 Å². The molecule has 0 aliphatic heterocycles. The van der Waals surface area contributed by atoms with Crippen molar-refractivity contribution in [2.24, 2.45) is 11.8 Å². The van der Waals surface area contributed by atoms with E-state index in [1.54, 1.807) is 32.9 Å². The number of rotatable bonds is 5. The summed E-state index contributed by atoms with van der Waals surface area (Å²) in [4.78, 5) is 28.5. The molecule has 5 nitrogen and oxygen atoms in total. The molecule has 0 bridgehead atoms. The fourth-order valence-corrected chi connectivity index (χ4v) is 1.77. The Morgan fingerprint density at radius 2 is 2.05 bits per heavy atom. The molecule has 1 aromatic rings. The molecule has 1 aromatic heterocycles. The number of carboxylic acid groups (broad SMARTS) is 1. The van der Waals surface area contributed by atoms with Crippen LogP contribution in [0.5, 0.6) is 0 Å². The van der Waals surface area contributed by atoms with E-state index in [9.17, 15) is 9.59 Å². The number of halogens is 1. The van der Waals surface area contributed by atoms with Crippen molar-refractivity contribution >= 4 is 29.2 Å². The molecule has 1 unspecified atom stereocenters. The number of pyridine rings is 1. The molecule has 104 valence electrons. The van der Waals surface area contributed by atoms with Gasteiger partial charge in [0.15, 0.2) is 5.15 Å². The molecule has 0 saturated heterocycles. The number of carbonyl (C=O) groups is 2. The second-order valence-corrected chi connectivity index (χ2v) is 5.01. The lowest BCUT2D eigenvalue weighted by Gasteiger charge is -2.26. The van der Waals surface area contributed by atoms with Crippen LogP contribution in [0.15, 0.2) is 18.3 Å². The van der Waals surface area contributed by atoms with E-state index < -0.39 is 11.9 Å². The van der Waals surface area contributed by atoms with Crippen molar-refractivity contribution in [3.63, 3.8) is 0 Å². The second kappa shape index (κ2) is 6.52. The van der Waals surface area contributed by atoms with Crippen LogP contribution in [-0.4, -0.2) is 28.5 Å². The molecule has 0 spiro atoms. The highest BCUT2D eigenvalue weighted by Gasteiger charge is 2.25. The maximum atomic E-state index is 12.2. The molecule has 19 heavy (non-hydrogen) atoms. The normalized spacial score (nSPS) is 12.3. The third-order valence-corrected chi connectivity index (χ3v) is 2.96. The van der Waals surface area contributed by atoms with Crippen molar-refractivity contribution in [1.29, 1.82) is 0 Å². The Labute approximate surface area is 117 Å². The van der Waals surface area contributed by atoms with Crippen LogP contribution in [0.3, 0.4) is 0 Å². The van der Waals surface area contributed by atoms with Crippen molar-refractivity contribution in [3.8, 4) is 0 Å². The summed E-state index contributed by atoms with van der Waals surface area (Å²) >= 11 is 5.98. The lowest BCUT2D eigenvalue weighted by atomic mass is 10.1. The monoisotopic (exact) mass is 284 g/mol. The van der Waals surface area contributed by atoms with Crippen LogP contribution < -0.4 is 4.90 Å². The van der Waals surface area contributed by atoms with Crippen LogP contribution in [0.1, 0.15) is 20.8 Å². The fourth-order valence-electron chi connectivity index (χ4n) is 1.55. The summed E-state index contributed by atoms with van der Waals surface area (Å²) < 4.78 is 0. The van der Waals surface area contributed by atoms with Crippen molar-refractivity contribution in [3.05, 3.63) is 23.5 Å². The molecule has 1 amide bonds. The molecular weight excluding hydrogens is 268 g/mol. The van der Waals surface area contributed by atoms with Gasteiger partial charge in [0.2, 0.25) is 5.91 Å². The first-order valence-corrected chi connectivity index (χ1v) is 6.37. The number of nitrogens with zero attached hydrogens (tertiary/aromatic N) is 2. The topological polar surface area (TPSA) is 70.5 Å². The van der Waals surface area contributed by atoms with E-state index in [0.717, 1.165) is 0 Å². The van der Waals surface area contributed by atoms with Crippen LogP contribution >= 0.6 is 11.6 Å². The van der Waals surface area contributed by atoms with Gasteiger partial charge in [0, 0.05) is 18.7 Å². The Balaban J connectivity index is 3.09. The van der Waals surface area contributed by atoms with Crippen LogP contribution in [0.2, 0.25) is 5.15 Å². The van der Waals surface area contributed by atoms with Gasteiger partial charge in [-0.05, 0) is 12.1 Å². The second-order valence-electron chi connectivity index (χ2n) is 4.66. The molecule has 0 aromatic carbocycles. The first-order chi connectivity index (χ1) is 8.84. The average Bonchev–Trinajstić information content (AvgIpc) is 2.35.